The molecule has 0 bridgehead atoms. The zero-order chi connectivity index (χ0) is 15.0. The van der Waals surface area contributed by atoms with E-state index in [4.69, 9.17) is 4.74 Å². The summed E-state index contributed by atoms with van der Waals surface area (Å²) in [7, 11) is 0. The summed E-state index contributed by atoms with van der Waals surface area (Å²) in [5.41, 5.74) is 2.21. The van der Waals surface area contributed by atoms with Crippen molar-refractivity contribution in [2.45, 2.75) is 65.4 Å². The first-order valence-electron chi connectivity index (χ1n) is 7.70. The van der Waals surface area contributed by atoms with Crippen LogP contribution in [-0.2, 0) is 9.53 Å². The van der Waals surface area contributed by atoms with Crippen LogP contribution in [0.15, 0.2) is 23.3 Å². The predicted octanol–water partition coefficient (Wildman–Crippen LogP) is 3.77. The first kappa shape index (κ1) is 17.0. The molecule has 0 aromatic carbocycles. The third kappa shape index (κ3) is 5.91. The van der Waals surface area contributed by atoms with Crippen molar-refractivity contribution in [1.82, 2.24) is 0 Å². The fraction of sp³-hybridized carbons (Fsp3) is 0.706. The Morgan fingerprint density at radius 2 is 2.20 bits per heavy atom. The maximum Gasteiger partial charge on any atom is 0.310 e. The second kappa shape index (κ2) is 8.96. The van der Waals surface area contributed by atoms with E-state index in [0.717, 1.165) is 24.0 Å². The molecule has 114 valence electrons. The van der Waals surface area contributed by atoms with Gasteiger partial charge in [-0.1, -0.05) is 43.4 Å². The Bertz CT molecular complexity index is 364. The quantitative estimate of drug-likeness (QED) is 0.418. The van der Waals surface area contributed by atoms with Gasteiger partial charge in [0.1, 0.15) is 6.61 Å². The minimum Gasteiger partial charge on any atom is -0.461 e. The first-order valence-corrected chi connectivity index (χ1v) is 7.70. The van der Waals surface area contributed by atoms with Gasteiger partial charge in [-0.05, 0) is 32.8 Å². The van der Waals surface area contributed by atoms with Crippen molar-refractivity contribution < 1.29 is 14.6 Å². The third-order valence-corrected chi connectivity index (χ3v) is 3.77. The fourth-order valence-corrected chi connectivity index (χ4v) is 2.55. The number of carbonyl (C=O) groups excluding carboxylic acids is 1. The van der Waals surface area contributed by atoms with E-state index >= 15 is 0 Å². The lowest BCUT2D eigenvalue weighted by molar-refractivity contribution is -0.141. The molecule has 0 aliphatic heterocycles. The molecule has 0 spiro atoms. The molecule has 0 aromatic heterocycles. The van der Waals surface area contributed by atoms with Crippen molar-refractivity contribution in [2.75, 3.05) is 6.61 Å². The number of ether oxygens (including phenoxy) is 1. The Kier molecular flexibility index (Phi) is 7.60. The highest BCUT2D eigenvalue weighted by molar-refractivity contribution is 5.72. The van der Waals surface area contributed by atoms with Crippen LogP contribution in [0.1, 0.15) is 59.3 Å². The van der Waals surface area contributed by atoms with Gasteiger partial charge in [-0.3, -0.25) is 4.79 Å². The van der Waals surface area contributed by atoms with Gasteiger partial charge in [-0.2, -0.15) is 0 Å². The van der Waals surface area contributed by atoms with Crippen LogP contribution in [0.4, 0.5) is 0 Å². The van der Waals surface area contributed by atoms with E-state index in [-0.39, 0.29) is 18.0 Å². The van der Waals surface area contributed by atoms with E-state index in [2.05, 4.69) is 6.92 Å². The number of hydrogen-bond acceptors (Lipinski definition) is 3. The highest BCUT2D eigenvalue weighted by Gasteiger charge is 2.28. The van der Waals surface area contributed by atoms with Crippen molar-refractivity contribution in [3.05, 3.63) is 23.3 Å². The van der Waals surface area contributed by atoms with Crippen LogP contribution in [0.25, 0.3) is 0 Å². The summed E-state index contributed by atoms with van der Waals surface area (Å²) in [5, 5.41) is 10.0. The third-order valence-electron chi connectivity index (χ3n) is 3.77. The van der Waals surface area contributed by atoms with Crippen LogP contribution >= 0.6 is 0 Å². The Labute approximate surface area is 122 Å². The summed E-state index contributed by atoms with van der Waals surface area (Å²) < 4.78 is 5.19. The number of allylic oxidation sites excluding steroid dienone is 1. The molecule has 20 heavy (non-hydrogen) atoms. The Morgan fingerprint density at radius 3 is 2.85 bits per heavy atom. The van der Waals surface area contributed by atoms with Crippen LogP contribution in [0.2, 0.25) is 0 Å². The average molecular weight is 280 g/mol. The zero-order valence-electron chi connectivity index (χ0n) is 13.0. The lowest BCUT2D eigenvalue weighted by Crippen LogP contribution is -2.18. The molecular formula is C17H28O3. The molecule has 3 nitrogen and oxygen atoms in total. The van der Waals surface area contributed by atoms with E-state index in [1.807, 2.05) is 26.0 Å². The van der Waals surface area contributed by atoms with Gasteiger partial charge in [0, 0.05) is 5.92 Å². The molecule has 0 fully saturated rings. The number of rotatable bonds is 8. The van der Waals surface area contributed by atoms with E-state index < -0.39 is 0 Å². The van der Waals surface area contributed by atoms with Gasteiger partial charge in [-0.25, -0.2) is 0 Å². The number of aliphatic hydroxyl groups is 1. The number of esters is 1. The minimum absolute atomic E-state index is 0.151. The van der Waals surface area contributed by atoms with Crippen LogP contribution in [0.3, 0.4) is 0 Å². The topological polar surface area (TPSA) is 46.5 Å². The molecule has 2 unspecified atom stereocenters. The molecule has 1 N–H and O–H groups in total. The molecule has 2 atom stereocenters. The highest BCUT2D eigenvalue weighted by Crippen LogP contribution is 2.33. The molecular weight excluding hydrogens is 252 g/mol. The Balaban J connectivity index is 2.40. The van der Waals surface area contributed by atoms with E-state index in [1.165, 1.54) is 12.8 Å². The van der Waals surface area contributed by atoms with Gasteiger partial charge in [0.15, 0.2) is 0 Å². The van der Waals surface area contributed by atoms with Crippen LogP contribution in [0.5, 0.6) is 0 Å². The lowest BCUT2D eigenvalue weighted by Gasteiger charge is -2.18. The van der Waals surface area contributed by atoms with Crippen LogP contribution in [0, 0.1) is 5.92 Å². The van der Waals surface area contributed by atoms with Crippen molar-refractivity contribution in [1.29, 1.82) is 0 Å². The second-order valence-corrected chi connectivity index (χ2v) is 5.83. The second-order valence-electron chi connectivity index (χ2n) is 5.83. The number of carbonyl (C=O) groups is 1. The Morgan fingerprint density at radius 1 is 1.45 bits per heavy atom. The summed E-state index contributed by atoms with van der Waals surface area (Å²) in [6.45, 7) is 6.47. The molecule has 0 saturated heterocycles. The van der Waals surface area contributed by atoms with Crippen LogP contribution in [-0.4, -0.2) is 23.8 Å². The molecule has 1 aliphatic rings. The summed E-state index contributed by atoms with van der Waals surface area (Å²) >= 11 is 0. The highest BCUT2D eigenvalue weighted by atomic mass is 16.5. The van der Waals surface area contributed by atoms with E-state index in [0.29, 0.717) is 19.4 Å². The smallest absolute Gasteiger partial charge is 0.310 e. The molecule has 1 aliphatic carbocycles. The van der Waals surface area contributed by atoms with E-state index in [1.54, 1.807) is 0 Å². The number of aliphatic hydroxyl groups excluding tert-OH is 1. The van der Waals surface area contributed by atoms with Gasteiger partial charge in [0.05, 0.1) is 12.5 Å². The van der Waals surface area contributed by atoms with Crippen molar-refractivity contribution >= 4 is 5.97 Å². The summed E-state index contributed by atoms with van der Waals surface area (Å²) in [6.07, 6.45) is 9.04. The monoisotopic (exact) mass is 280 g/mol. The molecule has 0 saturated carbocycles. The number of hydrogen-bond donors (Lipinski definition) is 1. The molecule has 0 radical (unpaired) electrons. The standard InChI is InChI=1S/C17H28O3/c1-4-5-6-7-15-14(8-9-16(15)18)12-17(19)20-11-10-13(2)3/h8,10,15-16,18H,4-7,9,11-12H2,1-3H3. The Hall–Kier alpha value is -1.09. The van der Waals surface area contributed by atoms with Gasteiger partial charge in [-0.15, -0.1) is 0 Å². The van der Waals surface area contributed by atoms with E-state index in [9.17, 15) is 9.90 Å². The first-order chi connectivity index (χ1) is 9.54. The SMILES string of the molecule is CCCCCC1C(CC(=O)OCC=C(C)C)=CCC1O. The predicted molar refractivity (Wildman–Crippen MR) is 81.3 cm³/mol. The largest absolute Gasteiger partial charge is 0.461 e. The van der Waals surface area contributed by atoms with Crippen molar-refractivity contribution in [3.63, 3.8) is 0 Å². The molecule has 3 heteroatoms. The van der Waals surface area contributed by atoms with Crippen molar-refractivity contribution in [3.8, 4) is 0 Å². The van der Waals surface area contributed by atoms with Gasteiger partial charge in [0.2, 0.25) is 0 Å². The van der Waals surface area contributed by atoms with Gasteiger partial charge >= 0.3 is 5.97 Å². The fourth-order valence-electron chi connectivity index (χ4n) is 2.55. The summed E-state index contributed by atoms with van der Waals surface area (Å²) in [6, 6.07) is 0. The molecule has 0 aromatic rings. The van der Waals surface area contributed by atoms with Gasteiger partial charge in [0.25, 0.3) is 0 Å². The maximum atomic E-state index is 11.8. The maximum absolute atomic E-state index is 11.8. The summed E-state index contributed by atoms with van der Waals surface area (Å²) in [5.74, 6) is -0.0408. The minimum atomic E-state index is -0.313. The molecule has 0 amide bonds. The van der Waals surface area contributed by atoms with Gasteiger partial charge < -0.3 is 9.84 Å². The van der Waals surface area contributed by atoms with Crippen LogP contribution < -0.4 is 0 Å². The normalized spacial score (nSPS) is 21.5. The lowest BCUT2D eigenvalue weighted by atomic mass is 9.91. The van der Waals surface area contributed by atoms with Crippen molar-refractivity contribution in [2.24, 2.45) is 5.92 Å². The molecule has 0 heterocycles. The zero-order valence-corrected chi connectivity index (χ0v) is 13.0. The molecule has 1 rings (SSSR count). The summed E-state index contributed by atoms with van der Waals surface area (Å²) in [4.78, 5) is 11.8. The average Bonchev–Trinajstić information content (AvgIpc) is 2.71. The number of unbranched alkanes of at least 4 members (excludes halogenated alkanes) is 2.